The number of rotatable bonds is 8. The van der Waals surface area contributed by atoms with Gasteiger partial charge in [0.05, 0.1) is 18.7 Å². The van der Waals surface area contributed by atoms with Crippen LogP contribution in [0.15, 0.2) is 59.8 Å². The normalized spacial score (nSPS) is 15.5. The fourth-order valence-electron chi connectivity index (χ4n) is 3.25. The minimum atomic E-state index is -0.705. The van der Waals surface area contributed by atoms with E-state index >= 15 is 0 Å². The van der Waals surface area contributed by atoms with Gasteiger partial charge in [0.25, 0.3) is 11.8 Å². The molecule has 0 aliphatic carbocycles. The van der Waals surface area contributed by atoms with E-state index in [4.69, 9.17) is 15.2 Å². The van der Waals surface area contributed by atoms with Crippen molar-refractivity contribution in [2.75, 3.05) is 13.7 Å². The molecule has 0 unspecified atom stereocenters. The van der Waals surface area contributed by atoms with Crippen LogP contribution in [0.3, 0.4) is 0 Å². The average molecular weight is 424 g/mol. The molecule has 0 saturated heterocycles. The number of primary amides is 1. The quantitative estimate of drug-likeness (QED) is 0.510. The SMILES string of the molecule is COc1cc([C@H]2NC(=O)NC(C)=C2C(=O)NCc2ccccc2)ccc1OCC(N)=O. The first-order chi connectivity index (χ1) is 14.9. The summed E-state index contributed by atoms with van der Waals surface area (Å²) in [5, 5.41) is 8.31. The van der Waals surface area contributed by atoms with Crippen LogP contribution in [0.5, 0.6) is 11.5 Å². The second kappa shape index (κ2) is 9.66. The van der Waals surface area contributed by atoms with E-state index in [9.17, 15) is 14.4 Å². The maximum atomic E-state index is 13.0. The Balaban J connectivity index is 1.86. The molecule has 2 aromatic carbocycles. The lowest BCUT2D eigenvalue weighted by atomic mass is 9.94. The molecule has 1 aliphatic rings. The molecule has 9 nitrogen and oxygen atoms in total. The summed E-state index contributed by atoms with van der Waals surface area (Å²) < 4.78 is 10.7. The first-order valence-corrected chi connectivity index (χ1v) is 9.58. The van der Waals surface area contributed by atoms with Gasteiger partial charge in [0.15, 0.2) is 18.1 Å². The van der Waals surface area contributed by atoms with Crippen LogP contribution in [-0.4, -0.2) is 31.6 Å². The number of methoxy groups -OCH3 is 1. The highest BCUT2D eigenvalue weighted by Gasteiger charge is 2.31. The smallest absolute Gasteiger partial charge is 0.319 e. The lowest BCUT2D eigenvalue weighted by molar-refractivity contribution is -0.120. The molecule has 2 aromatic rings. The Morgan fingerprint density at radius 3 is 2.55 bits per heavy atom. The lowest BCUT2D eigenvalue weighted by Crippen LogP contribution is -2.46. The van der Waals surface area contributed by atoms with E-state index in [-0.39, 0.29) is 12.5 Å². The number of nitrogens with two attached hydrogens (primary N) is 1. The molecule has 0 saturated carbocycles. The number of amides is 4. The minimum Gasteiger partial charge on any atom is -0.493 e. The highest BCUT2D eigenvalue weighted by atomic mass is 16.5. The van der Waals surface area contributed by atoms with Crippen LogP contribution in [-0.2, 0) is 16.1 Å². The number of hydrogen-bond acceptors (Lipinski definition) is 5. The van der Waals surface area contributed by atoms with E-state index < -0.39 is 18.0 Å². The molecular formula is C22H24N4O5. The Morgan fingerprint density at radius 2 is 1.87 bits per heavy atom. The van der Waals surface area contributed by atoms with Gasteiger partial charge in [-0.3, -0.25) is 9.59 Å². The molecule has 1 aliphatic heterocycles. The van der Waals surface area contributed by atoms with Gasteiger partial charge < -0.3 is 31.2 Å². The second-order valence-corrected chi connectivity index (χ2v) is 6.90. The van der Waals surface area contributed by atoms with Crippen molar-refractivity contribution in [3.63, 3.8) is 0 Å². The molecule has 9 heteroatoms. The fraction of sp³-hybridized carbons (Fsp3) is 0.227. The number of benzene rings is 2. The summed E-state index contributed by atoms with van der Waals surface area (Å²) >= 11 is 0. The van der Waals surface area contributed by atoms with Gasteiger partial charge in [0.1, 0.15) is 0 Å². The van der Waals surface area contributed by atoms with Crippen molar-refractivity contribution in [3.8, 4) is 11.5 Å². The van der Waals surface area contributed by atoms with Crippen LogP contribution >= 0.6 is 0 Å². The summed E-state index contributed by atoms with van der Waals surface area (Å²) in [6.07, 6.45) is 0. The van der Waals surface area contributed by atoms with Crippen molar-refractivity contribution in [1.29, 1.82) is 0 Å². The van der Waals surface area contributed by atoms with Crippen LogP contribution in [0.2, 0.25) is 0 Å². The van der Waals surface area contributed by atoms with E-state index in [1.165, 1.54) is 7.11 Å². The molecule has 31 heavy (non-hydrogen) atoms. The van der Waals surface area contributed by atoms with Gasteiger partial charge in [0.2, 0.25) is 0 Å². The van der Waals surface area contributed by atoms with Crippen LogP contribution in [0, 0.1) is 0 Å². The summed E-state index contributed by atoms with van der Waals surface area (Å²) in [6.45, 7) is 1.72. The van der Waals surface area contributed by atoms with Crippen LogP contribution in [0.4, 0.5) is 4.79 Å². The third kappa shape index (κ3) is 5.33. The third-order valence-electron chi connectivity index (χ3n) is 4.70. The van der Waals surface area contributed by atoms with Crippen LogP contribution in [0.25, 0.3) is 0 Å². The molecule has 3 rings (SSSR count). The van der Waals surface area contributed by atoms with Crippen molar-refractivity contribution in [3.05, 3.63) is 70.9 Å². The van der Waals surface area contributed by atoms with Gasteiger partial charge in [-0.25, -0.2) is 4.79 Å². The maximum Gasteiger partial charge on any atom is 0.319 e. The highest BCUT2D eigenvalue weighted by Crippen LogP contribution is 2.34. The first-order valence-electron chi connectivity index (χ1n) is 9.58. The van der Waals surface area contributed by atoms with Crippen molar-refractivity contribution in [2.24, 2.45) is 5.73 Å². The molecular weight excluding hydrogens is 400 g/mol. The molecule has 4 amide bonds. The number of nitrogens with one attached hydrogen (secondary N) is 3. The lowest BCUT2D eigenvalue weighted by Gasteiger charge is -2.29. The van der Waals surface area contributed by atoms with Gasteiger partial charge >= 0.3 is 6.03 Å². The summed E-state index contributed by atoms with van der Waals surface area (Å²) in [5.74, 6) is -0.270. The summed E-state index contributed by atoms with van der Waals surface area (Å²) in [5.41, 5.74) is 7.52. The first kappa shape index (κ1) is 21.7. The Bertz CT molecular complexity index is 1020. The zero-order valence-electron chi connectivity index (χ0n) is 17.2. The Labute approximate surface area is 179 Å². The van der Waals surface area contributed by atoms with Gasteiger partial charge in [-0.15, -0.1) is 0 Å². The van der Waals surface area contributed by atoms with Gasteiger partial charge in [-0.05, 0) is 30.2 Å². The average Bonchev–Trinajstić information content (AvgIpc) is 2.76. The highest BCUT2D eigenvalue weighted by molar-refractivity contribution is 5.98. The van der Waals surface area contributed by atoms with Crippen molar-refractivity contribution >= 4 is 17.8 Å². The monoisotopic (exact) mass is 424 g/mol. The van der Waals surface area contributed by atoms with Gasteiger partial charge in [0, 0.05) is 12.2 Å². The predicted molar refractivity (Wildman–Crippen MR) is 113 cm³/mol. The molecule has 0 bridgehead atoms. The molecule has 5 N–H and O–H groups in total. The number of ether oxygens (including phenoxy) is 2. The zero-order valence-corrected chi connectivity index (χ0v) is 17.2. The number of urea groups is 1. The third-order valence-corrected chi connectivity index (χ3v) is 4.70. The zero-order chi connectivity index (χ0) is 22.4. The number of allylic oxidation sites excluding steroid dienone is 1. The van der Waals surface area contributed by atoms with E-state index in [0.29, 0.717) is 34.9 Å². The number of carbonyl (C=O) groups is 3. The largest absolute Gasteiger partial charge is 0.493 e. The van der Waals surface area contributed by atoms with Gasteiger partial charge in [-0.1, -0.05) is 36.4 Å². The van der Waals surface area contributed by atoms with Crippen molar-refractivity contribution < 1.29 is 23.9 Å². The standard InChI is InChI=1S/C22H24N4O5/c1-13-19(21(28)24-11-14-6-4-3-5-7-14)20(26-22(29)25-13)15-8-9-16(17(10-15)30-2)31-12-18(23)27/h3-10,20H,11-12H2,1-2H3,(H2,23,27)(H,24,28)(H2,25,26,29)/t20-/m1/s1. The molecule has 0 fully saturated rings. The number of carbonyl (C=O) groups excluding carboxylic acids is 3. The van der Waals surface area contributed by atoms with Gasteiger partial charge in [-0.2, -0.15) is 0 Å². The molecule has 1 heterocycles. The summed E-state index contributed by atoms with van der Waals surface area (Å²) in [6, 6.07) is 13.3. The van der Waals surface area contributed by atoms with Crippen LogP contribution < -0.4 is 31.2 Å². The molecule has 0 radical (unpaired) electrons. The molecule has 162 valence electrons. The Morgan fingerprint density at radius 1 is 1.13 bits per heavy atom. The van der Waals surface area contributed by atoms with E-state index in [1.54, 1.807) is 25.1 Å². The molecule has 0 spiro atoms. The predicted octanol–water partition coefficient (Wildman–Crippen LogP) is 1.50. The fourth-order valence-corrected chi connectivity index (χ4v) is 3.25. The van der Waals surface area contributed by atoms with Crippen molar-refractivity contribution in [2.45, 2.75) is 19.5 Å². The molecule has 1 atom stereocenters. The van der Waals surface area contributed by atoms with E-state index in [1.807, 2.05) is 30.3 Å². The summed E-state index contributed by atoms with van der Waals surface area (Å²) in [7, 11) is 1.45. The Hall–Kier alpha value is -4.01. The van der Waals surface area contributed by atoms with E-state index in [0.717, 1.165) is 5.56 Å². The topological polar surface area (TPSA) is 132 Å². The molecule has 0 aromatic heterocycles. The second-order valence-electron chi connectivity index (χ2n) is 6.90. The maximum absolute atomic E-state index is 13.0. The van der Waals surface area contributed by atoms with E-state index in [2.05, 4.69) is 16.0 Å². The minimum absolute atomic E-state index is 0.300. The van der Waals surface area contributed by atoms with Crippen LogP contribution in [0.1, 0.15) is 24.1 Å². The summed E-state index contributed by atoms with van der Waals surface area (Å²) in [4.78, 5) is 36.1. The van der Waals surface area contributed by atoms with Crippen molar-refractivity contribution in [1.82, 2.24) is 16.0 Å². The number of hydrogen-bond donors (Lipinski definition) is 4. The Kier molecular flexibility index (Phi) is 6.76.